The number of ether oxygens (including phenoxy) is 2. The van der Waals surface area contributed by atoms with Crippen molar-refractivity contribution in [3.63, 3.8) is 0 Å². The number of amides is 2. The molecule has 3 rings (SSSR count). The van der Waals surface area contributed by atoms with Crippen molar-refractivity contribution >= 4 is 39.1 Å². The van der Waals surface area contributed by atoms with Gasteiger partial charge in [-0.3, -0.25) is 14.5 Å². The second kappa shape index (κ2) is 7.14. The predicted molar refractivity (Wildman–Crippen MR) is 98.4 cm³/mol. The topological polar surface area (TPSA) is 67.9 Å². The number of hydrogen-bond donors (Lipinski definition) is 1. The van der Waals surface area contributed by atoms with Crippen molar-refractivity contribution in [1.29, 1.82) is 0 Å². The van der Waals surface area contributed by atoms with Crippen LogP contribution in [0.4, 0.5) is 11.4 Å². The number of halogens is 1. The number of fused-ring (bicyclic) bond motifs is 1. The first kappa shape index (κ1) is 17.3. The lowest BCUT2D eigenvalue weighted by molar-refractivity contribution is -0.123. The maximum Gasteiger partial charge on any atom is 0.265 e. The van der Waals surface area contributed by atoms with E-state index in [9.17, 15) is 9.59 Å². The van der Waals surface area contributed by atoms with Gasteiger partial charge in [-0.1, -0.05) is 22.0 Å². The molecule has 6 nitrogen and oxygen atoms in total. The molecule has 7 heteroatoms. The fourth-order valence-corrected chi connectivity index (χ4v) is 2.94. The summed E-state index contributed by atoms with van der Waals surface area (Å²) in [5.41, 5.74) is 2.14. The minimum Gasteiger partial charge on any atom is -0.495 e. The molecule has 1 heterocycles. The Morgan fingerprint density at radius 3 is 2.88 bits per heavy atom. The molecule has 1 aliphatic rings. The SMILES string of the molecule is COc1ccc(C)cc1NC(=O)CN1C(=O)COc2cc(Br)ccc21. The Balaban J connectivity index is 1.80. The first-order chi connectivity index (χ1) is 12.0. The lowest BCUT2D eigenvalue weighted by atomic mass is 10.2. The average Bonchev–Trinajstić information content (AvgIpc) is 2.57. The van der Waals surface area contributed by atoms with E-state index in [-0.39, 0.29) is 25.0 Å². The summed E-state index contributed by atoms with van der Waals surface area (Å²) in [5, 5.41) is 2.80. The molecular weight excluding hydrogens is 388 g/mol. The molecule has 0 bridgehead atoms. The third-order valence-corrected chi connectivity index (χ3v) is 4.29. The molecular formula is C18H17BrN2O4. The molecule has 0 unspecified atom stereocenters. The maximum absolute atomic E-state index is 12.5. The van der Waals surface area contributed by atoms with E-state index in [2.05, 4.69) is 21.2 Å². The first-order valence-corrected chi connectivity index (χ1v) is 8.44. The van der Waals surface area contributed by atoms with Crippen LogP contribution in [-0.2, 0) is 9.59 Å². The summed E-state index contributed by atoms with van der Waals surface area (Å²) in [7, 11) is 1.54. The lowest BCUT2D eigenvalue weighted by Gasteiger charge is -2.29. The molecule has 0 fully saturated rings. The number of nitrogens with zero attached hydrogens (tertiary/aromatic N) is 1. The van der Waals surface area contributed by atoms with Crippen molar-refractivity contribution in [2.45, 2.75) is 6.92 Å². The summed E-state index contributed by atoms with van der Waals surface area (Å²) in [6, 6.07) is 10.8. The minimum absolute atomic E-state index is 0.0928. The highest BCUT2D eigenvalue weighted by molar-refractivity contribution is 9.10. The molecule has 0 aromatic heterocycles. The van der Waals surface area contributed by atoms with Crippen LogP contribution in [0.25, 0.3) is 0 Å². The average molecular weight is 405 g/mol. The maximum atomic E-state index is 12.5. The molecule has 2 amide bonds. The Morgan fingerprint density at radius 1 is 1.32 bits per heavy atom. The fraction of sp³-hybridized carbons (Fsp3) is 0.222. The van der Waals surface area contributed by atoms with E-state index in [0.29, 0.717) is 22.9 Å². The van der Waals surface area contributed by atoms with Crippen LogP contribution in [0.2, 0.25) is 0 Å². The Bertz CT molecular complexity index is 838. The number of carbonyl (C=O) groups is 2. The molecule has 0 aliphatic carbocycles. The van der Waals surface area contributed by atoms with Crippen LogP contribution in [-0.4, -0.2) is 32.1 Å². The number of carbonyl (C=O) groups excluding carboxylic acids is 2. The van der Waals surface area contributed by atoms with Gasteiger partial charge in [0, 0.05) is 4.47 Å². The molecule has 1 N–H and O–H groups in total. The highest BCUT2D eigenvalue weighted by Gasteiger charge is 2.27. The third kappa shape index (κ3) is 3.76. The van der Waals surface area contributed by atoms with Crippen LogP contribution in [0, 0.1) is 6.92 Å². The van der Waals surface area contributed by atoms with Crippen LogP contribution in [0.15, 0.2) is 40.9 Å². The van der Waals surface area contributed by atoms with E-state index < -0.39 is 0 Å². The molecule has 130 valence electrons. The van der Waals surface area contributed by atoms with Gasteiger partial charge >= 0.3 is 0 Å². The molecule has 0 saturated heterocycles. The van der Waals surface area contributed by atoms with E-state index in [1.165, 1.54) is 4.90 Å². The summed E-state index contributed by atoms with van der Waals surface area (Å²) in [5.74, 6) is 0.556. The number of methoxy groups -OCH3 is 1. The Morgan fingerprint density at radius 2 is 2.12 bits per heavy atom. The van der Waals surface area contributed by atoms with Crippen molar-refractivity contribution < 1.29 is 19.1 Å². The number of rotatable bonds is 4. The largest absolute Gasteiger partial charge is 0.495 e. The predicted octanol–water partition coefficient (Wildman–Crippen LogP) is 3.13. The van der Waals surface area contributed by atoms with E-state index in [4.69, 9.17) is 9.47 Å². The molecule has 0 spiro atoms. The molecule has 2 aromatic rings. The van der Waals surface area contributed by atoms with E-state index in [1.807, 2.05) is 19.1 Å². The summed E-state index contributed by atoms with van der Waals surface area (Å²) in [6.07, 6.45) is 0. The van der Waals surface area contributed by atoms with Gasteiger partial charge in [0.15, 0.2) is 6.61 Å². The zero-order chi connectivity index (χ0) is 18.0. The van der Waals surface area contributed by atoms with Crippen molar-refractivity contribution in [3.8, 4) is 11.5 Å². The quantitative estimate of drug-likeness (QED) is 0.849. The second-order valence-corrected chi connectivity index (χ2v) is 6.55. The standard InChI is InChI=1S/C18H17BrN2O4/c1-11-3-6-15(24-2)13(7-11)20-17(22)9-21-14-5-4-12(19)8-16(14)25-10-18(21)23/h3-8H,9-10H2,1-2H3,(H,20,22). The van der Waals surface area contributed by atoms with Gasteiger partial charge in [0.25, 0.3) is 5.91 Å². The van der Waals surface area contributed by atoms with Gasteiger partial charge in [-0.2, -0.15) is 0 Å². The number of aryl methyl sites for hydroxylation is 1. The van der Waals surface area contributed by atoms with E-state index >= 15 is 0 Å². The van der Waals surface area contributed by atoms with Gasteiger partial charge in [-0.05, 0) is 42.8 Å². The summed E-state index contributed by atoms with van der Waals surface area (Å²) in [6.45, 7) is 1.73. The van der Waals surface area contributed by atoms with Crippen LogP contribution in [0.3, 0.4) is 0 Å². The molecule has 25 heavy (non-hydrogen) atoms. The van der Waals surface area contributed by atoms with Gasteiger partial charge in [0.05, 0.1) is 18.5 Å². The van der Waals surface area contributed by atoms with Crippen molar-refractivity contribution in [1.82, 2.24) is 0 Å². The summed E-state index contributed by atoms with van der Waals surface area (Å²) < 4.78 is 11.5. The van der Waals surface area contributed by atoms with Crippen LogP contribution >= 0.6 is 15.9 Å². The zero-order valence-electron chi connectivity index (χ0n) is 13.8. The molecule has 2 aromatic carbocycles. The van der Waals surface area contributed by atoms with Crippen LogP contribution in [0.1, 0.15) is 5.56 Å². The van der Waals surface area contributed by atoms with Gasteiger partial charge in [-0.25, -0.2) is 0 Å². The minimum atomic E-state index is -0.312. The smallest absolute Gasteiger partial charge is 0.265 e. The van der Waals surface area contributed by atoms with E-state index in [0.717, 1.165) is 10.0 Å². The molecule has 1 aliphatic heterocycles. The zero-order valence-corrected chi connectivity index (χ0v) is 15.4. The second-order valence-electron chi connectivity index (χ2n) is 5.63. The molecule has 0 saturated carbocycles. The highest BCUT2D eigenvalue weighted by Crippen LogP contribution is 2.34. The highest BCUT2D eigenvalue weighted by atomic mass is 79.9. The number of benzene rings is 2. The third-order valence-electron chi connectivity index (χ3n) is 3.80. The summed E-state index contributed by atoms with van der Waals surface area (Å²) >= 11 is 3.37. The Labute approximate surface area is 153 Å². The van der Waals surface area contributed by atoms with Gasteiger partial charge in [-0.15, -0.1) is 0 Å². The van der Waals surface area contributed by atoms with Gasteiger partial charge < -0.3 is 14.8 Å². The normalized spacial score (nSPS) is 13.1. The molecule has 0 atom stereocenters. The Hall–Kier alpha value is -2.54. The monoisotopic (exact) mass is 404 g/mol. The molecule has 0 radical (unpaired) electrons. The lowest BCUT2D eigenvalue weighted by Crippen LogP contribution is -2.43. The van der Waals surface area contributed by atoms with Crippen molar-refractivity contribution in [2.75, 3.05) is 30.5 Å². The Kier molecular flexibility index (Phi) is 4.94. The van der Waals surface area contributed by atoms with Crippen molar-refractivity contribution in [2.24, 2.45) is 0 Å². The number of nitrogens with one attached hydrogen (secondary N) is 1. The van der Waals surface area contributed by atoms with Crippen LogP contribution < -0.4 is 19.7 Å². The van der Waals surface area contributed by atoms with Crippen molar-refractivity contribution in [3.05, 3.63) is 46.4 Å². The first-order valence-electron chi connectivity index (χ1n) is 7.65. The van der Waals surface area contributed by atoms with E-state index in [1.54, 1.807) is 31.4 Å². The van der Waals surface area contributed by atoms with Crippen LogP contribution in [0.5, 0.6) is 11.5 Å². The fourth-order valence-electron chi connectivity index (χ4n) is 2.60. The number of anilines is 2. The summed E-state index contributed by atoms with van der Waals surface area (Å²) in [4.78, 5) is 26.1. The number of hydrogen-bond acceptors (Lipinski definition) is 4. The van der Waals surface area contributed by atoms with Gasteiger partial charge in [0.1, 0.15) is 18.0 Å². The van der Waals surface area contributed by atoms with Gasteiger partial charge in [0.2, 0.25) is 5.91 Å².